The van der Waals surface area contributed by atoms with E-state index >= 15 is 0 Å². The Morgan fingerprint density at radius 3 is 2.50 bits per heavy atom. The molecular formula is C20H25N3O3S2. The number of aryl methyl sites for hydroxylation is 1. The van der Waals surface area contributed by atoms with Gasteiger partial charge in [-0.1, -0.05) is 49.4 Å². The molecule has 0 N–H and O–H groups in total. The predicted molar refractivity (Wildman–Crippen MR) is 110 cm³/mol. The van der Waals surface area contributed by atoms with E-state index < -0.39 is 16.2 Å². The molecule has 1 atom stereocenters. The Balaban J connectivity index is 1.78. The zero-order valence-corrected chi connectivity index (χ0v) is 17.9. The van der Waals surface area contributed by atoms with Gasteiger partial charge in [-0.3, -0.25) is 4.79 Å². The second-order valence-electron chi connectivity index (χ2n) is 7.13. The number of aromatic nitrogens is 1. The van der Waals surface area contributed by atoms with Crippen LogP contribution in [0.3, 0.4) is 0 Å². The third-order valence-electron chi connectivity index (χ3n) is 4.70. The van der Waals surface area contributed by atoms with Crippen molar-refractivity contribution in [1.29, 1.82) is 0 Å². The molecule has 0 saturated carbocycles. The number of pyridine rings is 1. The Kier molecular flexibility index (Phi) is 6.42. The number of rotatable bonds is 6. The summed E-state index contributed by atoms with van der Waals surface area (Å²) in [5.74, 6) is 0.140. The van der Waals surface area contributed by atoms with Gasteiger partial charge in [0.15, 0.2) is 0 Å². The van der Waals surface area contributed by atoms with Crippen molar-refractivity contribution in [2.45, 2.75) is 36.9 Å². The molecule has 0 radical (unpaired) electrons. The largest absolute Gasteiger partial charge is 0.324 e. The lowest BCUT2D eigenvalue weighted by Crippen LogP contribution is -2.48. The molecule has 1 unspecified atom stereocenters. The van der Waals surface area contributed by atoms with Crippen molar-refractivity contribution in [3.05, 3.63) is 54.2 Å². The highest BCUT2D eigenvalue weighted by Gasteiger charge is 2.43. The molecule has 2 heterocycles. The number of amides is 1. The lowest BCUT2D eigenvalue weighted by Gasteiger charge is -2.32. The van der Waals surface area contributed by atoms with Crippen LogP contribution in [0.15, 0.2) is 58.6 Å². The summed E-state index contributed by atoms with van der Waals surface area (Å²) in [7, 11) is -3.66. The van der Waals surface area contributed by atoms with Crippen LogP contribution in [0.1, 0.15) is 19.4 Å². The summed E-state index contributed by atoms with van der Waals surface area (Å²) in [6, 6.07) is 12.4. The van der Waals surface area contributed by atoms with Gasteiger partial charge < -0.3 is 4.90 Å². The van der Waals surface area contributed by atoms with Crippen molar-refractivity contribution in [2.24, 2.45) is 5.92 Å². The van der Waals surface area contributed by atoms with Crippen molar-refractivity contribution in [3.8, 4) is 0 Å². The van der Waals surface area contributed by atoms with Gasteiger partial charge in [-0.15, -0.1) is 0 Å². The molecule has 6 nitrogen and oxygen atoms in total. The Bertz CT molecular complexity index is 915. The SMILES string of the molecule is Cc1ccc(S(=O)(=O)N2CCN(C(=O)CSc3ccccn3)C2C(C)C)cc1. The summed E-state index contributed by atoms with van der Waals surface area (Å²) < 4.78 is 27.8. The first-order valence-corrected chi connectivity index (χ1v) is 11.6. The zero-order chi connectivity index (χ0) is 20.3. The van der Waals surface area contributed by atoms with Crippen LogP contribution in [-0.2, 0) is 14.8 Å². The molecule has 1 aromatic carbocycles. The maximum Gasteiger partial charge on any atom is 0.244 e. The number of thioether (sulfide) groups is 1. The van der Waals surface area contributed by atoms with E-state index in [0.29, 0.717) is 13.1 Å². The van der Waals surface area contributed by atoms with Crippen LogP contribution in [-0.4, -0.2) is 53.5 Å². The molecule has 1 amide bonds. The molecule has 150 valence electrons. The Labute approximate surface area is 171 Å². The second kappa shape index (κ2) is 8.63. The third kappa shape index (κ3) is 4.39. The quantitative estimate of drug-likeness (QED) is 0.673. The first-order valence-electron chi connectivity index (χ1n) is 9.22. The minimum atomic E-state index is -3.66. The van der Waals surface area contributed by atoms with E-state index in [9.17, 15) is 13.2 Å². The summed E-state index contributed by atoms with van der Waals surface area (Å²) in [6.07, 6.45) is 1.21. The molecule has 1 fully saturated rings. The molecule has 1 aromatic heterocycles. The first kappa shape index (κ1) is 20.8. The molecular weight excluding hydrogens is 394 g/mol. The van der Waals surface area contributed by atoms with Gasteiger partial charge in [0.1, 0.15) is 6.17 Å². The maximum absolute atomic E-state index is 13.2. The van der Waals surface area contributed by atoms with Gasteiger partial charge in [-0.05, 0) is 37.1 Å². The van der Waals surface area contributed by atoms with Crippen LogP contribution < -0.4 is 0 Å². The van der Waals surface area contributed by atoms with E-state index in [1.54, 1.807) is 35.4 Å². The first-order chi connectivity index (χ1) is 13.3. The van der Waals surface area contributed by atoms with Crippen LogP contribution in [0.4, 0.5) is 0 Å². The molecule has 2 aromatic rings. The second-order valence-corrected chi connectivity index (χ2v) is 10.0. The highest BCUT2D eigenvalue weighted by atomic mass is 32.2. The average Bonchev–Trinajstić information content (AvgIpc) is 3.14. The number of sulfonamides is 1. The fourth-order valence-corrected chi connectivity index (χ4v) is 5.81. The number of hydrogen-bond acceptors (Lipinski definition) is 5. The van der Waals surface area contributed by atoms with Gasteiger partial charge in [-0.2, -0.15) is 4.31 Å². The normalized spacial score (nSPS) is 18.0. The number of benzene rings is 1. The van der Waals surface area contributed by atoms with Crippen molar-refractivity contribution < 1.29 is 13.2 Å². The number of carbonyl (C=O) groups is 1. The zero-order valence-electron chi connectivity index (χ0n) is 16.3. The van der Waals surface area contributed by atoms with Gasteiger partial charge >= 0.3 is 0 Å². The molecule has 3 rings (SSSR count). The summed E-state index contributed by atoms with van der Waals surface area (Å²) in [6.45, 7) is 6.51. The molecule has 1 aliphatic rings. The number of nitrogens with zero attached hydrogens (tertiary/aromatic N) is 3. The van der Waals surface area contributed by atoms with Crippen LogP contribution in [0, 0.1) is 12.8 Å². The van der Waals surface area contributed by atoms with Crippen molar-refractivity contribution >= 4 is 27.7 Å². The van der Waals surface area contributed by atoms with E-state index in [1.165, 1.54) is 16.1 Å². The van der Waals surface area contributed by atoms with E-state index in [1.807, 2.05) is 39.0 Å². The topological polar surface area (TPSA) is 70.6 Å². The van der Waals surface area contributed by atoms with Crippen LogP contribution >= 0.6 is 11.8 Å². The molecule has 1 aliphatic heterocycles. The molecule has 28 heavy (non-hydrogen) atoms. The van der Waals surface area contributed by atoms with Gasteiger partial charge in [0, 0.05) is 19.3 Å². The Morgan fingerprint density at radius 1 is 1.18 bits per heavy atom. The molecule has 0 spiro atoms. The third-order valence-corrected chi connectivity index (χ3v) is 7.51. The Hall–Kier alpha value is -1.90. The maximum atomic E-state index is 13.2. The van der Waals surface area contributed by atoms with Crippen molar-refractivity contribution in [1.82, 2.24) is 14.2 Å². The minimum absolute atomic E-state index is 0.0217. The molecule has 1 saturated heterocycles. The van der Waals surface area contributed by atoms with Crippen LogP contribution in [0.25, 0.3) is 0 Å². The summed E-state index contributed by atoms with van der Waals surface area (Å²) >= 11 is 1.37. The van der Waals surface area contributed by atoms with Gasteiger partial charge in [0.05, 0.1) is 15.7 Å². The molecule has 0 bridgehead atoms. The van der Waals surface area contributed by atoms with Gasteiger partial charge in [-0.25, -0.2) is 13.4 Å². The lowest BCUT2D eigenvalue weighted by molar-refractivity contribution is -0.130. The standard InChI is InChI=1S/C20H25N3O3S2/c1-15(2)20-22(19(24)14-27-18-6-4-5-11-21-18)12-13-23(20)28(25,26)17-9-7-16(3)8-10-17/h4-11,15,20H,12-14H2,1-3H3. The van der Waals surface area contributed by atoms with Crippen LogP contribution in [0.5, 0.6) is 0 Å². The molecule has 0 aliphatic carbocycles. The summed E-state index contributed by atoms with van der Waals surface area (Å²) in [5, 5.41) is 0.778. The number of carbonyl (C=O) groups excluding carboxylic acids is 1. The lowest BCUT2D eigenvalue weighted by atomic mass is 10.1. The Morgan fingerprint density at radius 2 is 1.89 bits per heavy atom. The van der Waals surface area contributed by atoms with Crippen LogP contribution in [0.2, 0.25) is 0 Å². The summed E-state index contributed by atoms with van der Waals surface area (Å²) in [5.41, 5.74) is 1.00. The number of hydrogen-bond donors (Lipinski definition) is 0. The monoisotopic (exact) mass is 419 g/mol. The van der Waals surface area contributed by atoms with Crippen molar-refractivity contribution in [3.63, 3.8) is 0 Å². The highest BCUT2D eigenvalue weighted by molar-refractivity contribution is 7.99. The van der Waals surface area contributed by atoms with Gasteiger partial charge in [0.25, 0.3) is 0 Å². The predicted octanol–water partition coefficient (Wildman–Crippen LogP) is 3.00. The van der Waals surface area contributed by atoms with E-state index in [-0.39, 0.29) is 22.5 Å². The van der Waals surface area contributed by atoms with Crippen molar-refractivity contribution in [2.75, 3.05) is 18.8 Å². The van der Waals surface area contributed by atoms with E-state index in [0.717, 1.165) is 10.6 Å². The molecule has 8 heteroatoms. The van der Waals surface area contributed by atoms with E-state index in [2.05, 4.69) is 4.98 Å². The average molecular weight is 420 g/mol. The van der Waals surface area contributed by atoms with Gasteiger partial charge in [0.2, 0.25) is 15.9 Å². The highest BCUT2D eigenvalue weighted by Crippen LogP contribution is 2.29. The fraction of sp³-hybridized carbons (Fsp3) is 0.400. The fourth-order valence-electron chi connectivity index (χ4n) is 3.35. The van der Waals surface area contributed by atoms with E-state index in [4.69, 9.17) is 0 Å². The summed E-state index contributed by atoms with van der Waals surface area (Å²) in [4.78, 5) is 19.0. The minimum Gasteiger partial charge on any atom is -0.324 e. The smallest absolute Gasteiger partial charge is 0.244 e.